The average Bonchev–Trinajstić information content (AvgIpc) is 2.52. The van der Waals surface area contributed by atoms with Crippen LogP contribution in [0.4, 0.5) is 0 Å². The van der Waals surface area contributed by atoms with Gasteiger partial charge in [-0.3, -0.25) is 9.69 Å². The molecule has 2 rings (SSSR count). The fourth-order valence-corrected chi connectivity index (χ4v) is 3.52. The molecule has 0 radical (unpaired) electrons. The van der Waals surface area contributed by atoms with Crippen LogP contribution < -0.4 is 5.32 Å². The lowest BCUT2D eigenvalue weighted by Gasteiger charge is -2.35. The lowest BCUT2D eigenvalue weighted by Crippen LogP contribution is -2.48. The molecule has 21 heavy (non-hydrogen) atoms. The van der Waals surface area contributed by atoms with E-state index in [2.05, 4.69) is 10.2 Å². The molecule has 0 aromatic rings. The van der Waals surface area contributed by atoms with E-state index in [-0.39, 0.29) is 12.0 Å². The second-order valence-electron chi connectivity index (χ2n) is 6.52. The highest BCUT2D eigenvalue weighted by atomic mass is 16.3. The SMILES string of the molecule is CC(O)CN(CCC(=O)N1CCNCC1)C1CCCCC1. The van der Waals surface area contributed by atoms with Crippen LogP contribution in [0.3, 0.4) is 0 Å². The molecule has 1 heterocycles. The zero-order valence-electron chi connectivity index (χ0n) is 13.4. The molecule has 2 aliphatic rings. The van der Waals surface area contributed by atoms with Crippen LogP contribution in [-0.4, -0.2) is 72.2 Å². The maximum atomic E-state index is 12.3. The molecule has 1 saturated carbocycles. The van der Waals surface area contributed by atoms with Gasteiger partial charge in [-0.05, 0) is 19.8 Å². The summed E-state index contributed by atoms with van der Waals surface area (Å²) in [5.74, 6) is 0.267. The lowest BCUT2D eigenvalue weighted by molar-refractivity contribution is -0.132. The number of carbonyl (C=O) groups is 1. The molecule has 1 saturated heterocycles. The van der Waals surface area contributed by atoms with Crippen LogP contribution in [0.1, 0.15) is 45.4 Å². The van der Waals surface area contributed by atoms with Gasteiger partial charge in [0, 0.05) is 51.7 Å². The van der Waals surface area contributed by atoms with Gasteiger partial charge in [0.05, 0.1) is 6.10 Å². The molecule has 122 valence electrons. The van der Waals surface area contributed by atoms with Crippen LogP contribution >= 0.6 is 0 Å². The summed E-state index contributed by atoms with van der Waals surface area (Å²) in [5.41, 5.74) is 0. The molecule has 0 spiro atoms. The number of aliphatic hydroxyl groups excluding tert-OH is 1. The van der Waals surface area contributed by atoms with Crippen LogP contribution in [-0.2, 0) is 4.79 Å². The van der Waals surface area contributed by atoms with Gasteiger partial charge in [-0.25, -0.2) is 0 Å². The predicted molar refractivity (Wildman–Crippen MR) is 84.2 cm³/mol. The normalized spacial score (nSPS) is 22.5. The number of amides is 1. The van der Waals surface area contributed by atoms with Crippen molar-refractivity contribution in [3.63, 3.8) is 0 Å². The van der Waals surface area contributed by atoms with Gasteiger partial charge in [0.1, 0.15) is 0 Å². The number of hydrogen-bond donors (Lipinski definition) is 2. The van der Waals surface area contributed by atoms with Crippen molar-refractivity contribution in [1.29, 1.82) is 0 Å². The summed E-state index contributed by atoms with van der Waals surface area (Å²) in [7, 11) is 0. The minimum atomic E-state index is -0.318. The zero-order chi connectivity index (χ0) is 15.1. The van der Waals surface area contributed by atoms with Crippen molar-refractivity contribution in [3.05, 3.63) is 0 Å². The summed E-state index contributed by atoms with van der Waals surface area (Å²) in [6.07, 6.45) is 6.60. The molecular formula is C16H31N3O2. The van der Waals surface area contributed by atoms with Crippen molar-refractivity contribution in [2.45, 2.75) is 57.6 Å². The maximum absolute atomic E-state index is 12.3. The fourth-order valence-electron chi connectivity index (χ4n) is 3.52. The molecule has 2 fully saturated rings. The highest BCUT2D eigenvalue weighted by molar-refractivity contribution is 5.76. The fraction of sp³-hybridized carbons (Fsp3) is 0.938. The highest BCUT2D eigenvalue weighted by Crippen LogP contribution is 2.23. The Balaban J connectivity index is 1.81. The molecule has 5 heteroatoms. The predicted octanol–water partition coefficient (Wildman–Crippen LogP) is 0.824. The van der Waals surface area contributed by atoms with Crippen molar-refractivity contribution in [3.8, 4) is 0 Å². The first-order valence-corrected chi connectivity index (χ1v) is 8.57. The van der Waals surface area contributed by atoms with Crippen LogP contribution in [0, 0.1) is 0 Å². The van der Waals surface area contributed by atoms with E-state index in [1.54, 1.807) is 0 Å². The number of rotatable bonds is 6. The summed E-state index contributed by atoms with van der Waals surface area (Å²) in [4.78, 5) is 16.6. The largest absolute Gasteiger partial charge is 0.392 e. The van der Waals surface area contributed by atoms with Gasteiger partial charge in [-0.1, -0.05) is 19.3 Å². The Bertz CT molecular complexity index is 311. The molecule has 0 aromatic carbocycles. The lowest BCUT2D eigenvalue weighted by atomic mass is 9.94. The Morgan fingerprint density at radius 1 is 1.29 bits per heavy atom. The summed E-state index contributed by atoms with van der Waals surface area (Å²) in [6, 6.07) is 0.559. The first-order valence-electron chi connectivity index (χ1n) is 8.57. The quantitative estimate of drug-likeness (QED) is 0.762. The van der Waals surface area contributed by atoms with Gasteiger partial charge < -0.3 is 15.3 Å². The van der Waals surface area contributed by atoms with Crippen molar-refractivity contribution in [2.75, 3.05) is 39.3 Å². The number of carbonyl (C=O) groups excluding carboxylic acids is 1. The topological polar surface area (TPSA) is 55.8 Å². The smallest absolute Gasteiger partial charge is 0.223 e. The Kier molecular flexibility index (Phi) is 6.93. The maximum Gasteiger partial charge on any atom is 0.223 e. The summed E-state index contributed by atoms with van der Waals surface area (Å²) >= 11 is 0. The van der Waals surface area contributed by atoms with Crippen LogP contribution in [0.2, 0.25) is 0 Å². The second kappa shape index (κ2) is 8.71. The molecule has 2 N–H and O–H groups in total. The number of nitrogens with one attached hydrogen (secondary N) is 1. The van der Waals surface area contributed by atoms with Gasteiger partial charge in [0.2, 0.25) is 5.91 Å². The first kappa shape index (κ1) is 16.7. The van der Waals surface area contributed by atoms with Crippen LogP contribution in [0.5, 0.6) is 0 Å². The Hall–Kier alpha value is -0.650. The zero-order valence-corrected chi connectivity index (χ0v) is 13.4. The Labute approximate surface area is 128 Å². The molecule has 0 aromatic heterocycles. The Morgan fingerprint density at radius 3 is 2.57 bits per heavy atom. The van der Waals surface area contributed by atoms with E-state index in [4.69, 9.17) is 0 Å². The second-order valence-corrected chi connectivity index (χ2v) is 6.52. The summed E-state index contributed by atoms with van der Waals surface area (Å²) in [6.45, 7) is 6.81. The average molecular weight is 297 g/mol. The minimum absolute atomic E-state index is 0.267. The van der Waals surface area contributed by atoms with Crippen molar-refractivity contribution < 1.29 is 9.90 Å². The molecule has 1 atom stereocenters. The molecule has 5 nitrogen and oxygen atoms in total. The van der Waals surface area contributed by atoms with E-state index in [1.807, 2.05) is 11.8 Å². The van der Waals surface area contributed by atoms with Gasteiger partial charge in [0.15, 0.2) is 0 Å². The van der Waals surface area contributed by atoms with Crippen LogP contribution in [0.25, 0.3) is 0 Å². The van der Waals surface area contributed by atoms with E-state index in [0.717, 1.165) is 32.7 Å². The number of aliphatic hydroxyl groups is 1. The number of nitrogens with zero attached hydrogens (tertiary/aromatic N) is 2. The van der Waals surface area contributed by atoms with Crippen molar-refractivity contribution >= 4 is 5.91 Å². The highest BCUT2D eigenvalue weighted by Gasteiger charge is 2.24. The van der Waals surface area contributed by atoms with E-state index >= 15 is 0 Å². The molecular weight excluding hydrogens is 266 g/mol. The summed E-state index contributed by atoms with van der Waals surface area (Å²) in [5, 5.41) is 13.0. The Morgan fingerprint density at radius 2 is 1.95 bits per heavy atom. The van der Waals surface area contributed by atoms with E-state index in [9.17, 15) is 9.90 Å². The number of piperazine rings is 1. The van der Waals surface area contributed by atoms with E-state index in [0.29, 0.717) is 19.0 Å². The van der Waals surface area contributed by atoms with Gasteiger partial charge in [-0.15, -0.1) is 0 Å². The molecule has 1 amide bonds. The molecule has 1 unspecified atom stereocenters. The van der Waals surface area contributed by atoms with Gasteiger partial charge in [0.25, 0.3) is 0 Å². The summed E-state index contributed by atoms with van der Waals surface area (Å²) < 4.78 is 0. The third-order valence-corrected chi connectivity index (χ3v) is 4.67. The molecule has 1 aliphatic heterocycles. The number of hydrogen-bond acceptors (Lipinski definition) is 4. The van der Waals surface area contributed by atoms with Crippen molar-refractivity contribution in [2.24, 2.45) is 0 Å². The van der Waals surface area contributed by atoms with Gasteiger partial charge >= 0.3 is 0 Å². The monoisotopic (exact) mass is 297 g/mol. The molecule has 0 bridgehead atoms. The van der Waals surface area contributed by atoms with E-state index in [1.165, 1.54) is 32.1 Å². The molecule has 1 aliphatic carbocycles. The minimum Gasteiger partial charge on any atom is -0.392 e. The third-order valence-electron chi connectivity index (χ3n) is 4.67. The third kappa shape index (κ3) is 5.57. The van der Waals surface area contributed by atoms with Gasteiger partial charge in [-0.2, -0.15) is 0 Å². The van der Waals surface area contributed by atoms with Crippen molar-refractivity contribution in [1.82, 2.24) is 15.1 Å². The first-order chi connectivity index (χ1) is 10.2. The van der Waals surface area contributed by atoms with E-state index < -0.39 is 0 Å². The van der Waals surface area contributed by atoms with Crippen LogP contribution in [0.15, 0.2) is 0 Å². The standard InChI is InChI=1S/C16H31N3O2/c1-14(20)13-19(15-5-3-2-4-6-15)10-7-16(21)18-11-8-17-9-12-18/h14-15,17,20H,2-13H2,1H3.